The molecule has 0 bridgehead atoms. The average Bonchev–Trinajstić information content (AvgIpc) is 1.36. The van der Waals surface area contributed by atoms with E-state index >= 15 is 0 Å². The van der Waals surface area contributed by atoms with Crippen LogP contribution >= 0.6 is 34.8 Å². The number of rotatable bonds is 10. The minimum absolute atomic E-state index is 0.0669. The summed E-state index contributed by atoms with van der Waals surface area (Å²) in [5.41, 5.74) is 8.75. The molecule has 0 atom stereocenters. The molecule has 4 heterocycles. The molecule has 15 rings (SSSR count). The highest BCUT2D eigenvalue weighted by molar-refractivity contribution is 6.29. The Hall–Kier alpha value is -11.2. The van der Waals surface area contributed by atoms with Crippen molar-refractivity contribution < 1.29 is 33.2 Å². The van der Waals surface area contributed by atoms with Gasteiger partial charge in [-0.1, -0.05) is 219 Å². The molecule has 0 unspecified atom stereocenters. The normalized spacial score (nSPS) is 11.8. The predicted octanol–water partition coefficient (Wildman–Crippen LogP) is 21.0. The Bertz CT molecular complexity index is 5560. The Morgan fingerprint density at radius 2 is 0.796 bits per heavy atom. The van der Waals surface area contributed by atoms with Crippen LogP contribution in [0, 0.1) is 29.1 Å². The summed E-state index contributed by atoms with van der Waals surface area (Å²) in [4.78, 5) is 39.0. The SMILES string of the molecule is C=Cc1cccc(-c2nc(Cl)nc(-c3cccc4oc5ccc(-c6ccccc6)cc5c34)n2)c1.Fc1c(F)c(F)c(-c2ccc(-c3nc(Cl)nc(-c4ccccc4)n3)cc2)c(F)c1F.[2H]c1c([2H])c([2H])c(-c2nc(Cl)nc(-c3cc4ccccc4cc3-c3ccccc3)n2)c([2H])c1[2H]. The molecule has 450 valence electrons. The van der Waals surface area contributed by atoms with Crippen LogP contribution in [-0.2, 0) is 0 Å². The topological polar surface area (TPSA) is 129 Å². The zero-order valence-electron chi connectivity index (χ0n) is 52.9. The number of hydrogen-bond donors (Lipinski definition) is 0. The summed E-state index contributed by atoms with van der Waals surface area (Å²) in [5.74, 6) is -8.39. The first-order valence-corrected chi connectivity index (χ1v) is 29.4. The van der Waals surface area contributed by atoms with E-state index in [0.717, 1.165) is 71.7 Å². The fourth-order valence-corrected chi connectivity index (χ4v) is 10.8. The molecule has 0 spiro atoms. The first-order chi connectivity index (χ1) is 47.4. The molecule has 0 radical (unpaired) electrons. The van der Waals surface area contributed by atoms with E-state index in [1.807, 2.05) is 140 Å². The predicted molar refractivity (Wildman–Crippen MR) is 358 cm³/mol. The van der Waals surface area contributed by atoms with Crippen molar-refractivity contribution in [3.8, 4) is 102 Å². The fraction of sp³-hybridized carbons (Fsp3) is 0. The molecule has 0 N–H and O–H groups in total. The molecule has 0 saturated carbocycles. The van der Waals surface area contributed by atoms with Crippen LogP contribution in [0.4, 0.5) is 22.0 Å². The molecule has 4 aromatic heterocycles. The van der Waals surface area contributed by atoms with Crippen molar-refractivity contribution in [2.45, 2.75) is 0 Å². The number of fused-ring (bicyclic) bond motifs is 4. The van der Waals surface area contributed by atoms with Gasteiger partial charge in [0.05, 0.1) is 12.4 Å². The summed E-state index contributed by atoms with van der Waals surface area (Å²) >= 11 is 18.6. The number of aromatic nitrogens is 9. The Morgan fingerprint density at radius 3 is 1.40 bits per heavy atom. The second kappa shape index (κ2) is 26.7. The van der Waals surface area contributed by atoms with Gasteiger partial charge in [0, 0.05) is 44.2 Å². The first-order valence-electron chi connectivity index (χ1n) is 30.7. The summed E-state index contributed by atoms with van der Waals surface area (Å²) < 4.78 is 115. The van der Waals surface area contributed by atoms with Crippen LogP contribution in [0.15, 0.2) is 254 Å². The van der Waals surface area contributed by atoms with E-state index in [1.165, 1.54) is 24.3 Å². The second-order valence-electron chi connectivity index (χ2n) is 20.4. The van der Waals surface area contributed by atoms with Crippen LogP contribution in [0.3, 0.4) is 0 Å². The maximum Gasteiger partial charge on any atom is 0.226 e. The third-order valence-corrected chi connectivity index (χ3v) is 15.2. The minimum atomic E-state index is -2.21. The maximum atomic E-state index is 14.0. The Morgan fingerprint density at radius 1 is 0.344 bits per heavy atom. The molecule has 0 amide bonds. The van der Waals surface area contributed by atoms with Gasteiger partial charge in [0.15, 0.2) is 58.2 Å². The van der Waals surface area contributed by atoms with Gasteiger partial charge in [-0.25, -0.2) is 36.9 Å². The number of nitrogens with zero attached hydrogens (tertiary/aromatic N) is 9. The van der Waals surface area contributed by atoms with Gasteiger partial charge in [0.2, 0.25) is 21.7 Å². The molecular weight excluding hydrogens is 1240 g/mol. The van der Waals surface area contributed by atoms with Gasteiger partial charge >= 0.3 is 0 Å². The molecule has 0 fully saturated rings. The van der Waals surface area contributed by atoms with Crippen LogP contribution in [0.5, 0.6) is 0 Å². The van der Waals surface area contributed by atoms with E-state index in [4.69, 9.17) is 51.1 Å². The number of furan rings is 1. The summed E-state index contributed by atoms with van der Waals surface area (Å²) in [6.07, 6.45) is 1.79. The molecule has 0 aliphatic rings. The van der Waals surface area contributed by atoms with Gasteiger partial charge in [-0.3, -0.25) is 0 Å². The van der Waals surface area contributed by atoms with Crippen molar-refractivity contribution in [3.63, 3.8) is 0 Å². The third-order valence-electron chi connectivity index (χ3n) is 14.7. The lowest BCUT2D eigenvalue weighted by atomic mass is 9.95. The lowest BCUT2D eigenvalue weighted by Gasteiger charge is -2.12. The van der Waals surface area contributed by atoms with Crippen LogP contribution < -0.4 is 0 Å². The molecule has 0 saturated heterocycles. The molecule has 15 aromatic rings. The lowest BCUT2D eigenvalue weighted by Crippen LogP contribution is -2.04. The molecule has 10 nitrogen and oxygen atoms in total. The molecule has 18 heteroatoms. The van der Waals surface area contributed by atoms with Crippen molar-refractivity contribution in [3.05, 3.63) is 300 Å². The quantitative estimate of drug-likeness (QED) is 0.0741. The molecule has 11 aromatic carbocycles. The standard InChI is InChI=1S/C29H18ClN3O.C25H16ClN3.C21H9ClF5N3/c1-2-18-8-6-11-21(16-18)27-31-28(33-29(30)32-27)22-12-7-13-25-26(22)23-17-20(14-15-24(23)34-25)19-9-4-3-5-10-19;26-25-28-23(18-11-5-2-6-12-18)27-24(29-25)22-16-20-14-8-7-13-19(20)15-21(22)17-9-3-1-4-10-17;22-21-29-19(11-4-2-1-3-5-11)28-20(30-21)12-8-6-10(7-9-12)13-14(23)16(25)18(27)17(26)15(13)24/h2-17H,1H2;1-16H;1-9H/i;2D,5D,6D,11D,12D;. The van der Waals surface area contributed by atoms with Crippen molar-refractivity contribution >= 4 is 73.6 Å². The Labute approximate surface area is 550 Å². The highest BCUT2D eigenvalue weighted by Crippen LogP contribution is 2.40. The zero-order chi connectivity index (χ0) is 68.5. The van der Waals surface area contributed by atoms with Crippen LogP contribution in [-0.4, -0.2) is 44.9 Å². The number of benzene rings is 11. The average molecular weight is 1290 g/mol. The summed E-state index contributed by atoms with van der Waals surface area (Å²) in [7, 11) is 0. The molecular formula is C75H43Cl3F5N9O. The van der Waals surface area contributed by atoms with Crippen LogP contribution in [0.1, 0.15) is 12.4 Å². The van der Waals surface area contributed by atoms with Crippen molar-refractivity contribution in [1.29, 1.82) is 0 Å². The highest BCUT2D eigenvalue weighted by atomic mass is 35.5. The molecule has 93 heavy (non-hydrogen) atoms. The van der Waals surface area contributed by atoms with Gasteiger partial charge < -0.3 is 4.42 Å². The number of halogens is 8. The summed E-state index contributed by atoms with van der Waals surface area (Å²) in [6.45, 7) is 3.84. The lowest BCUT2D eigenvalue weighted by molar-refractivity contribution is 0.381. The van der Waals surface area contributed by atoms with Gasteiger partial charge in [-0.15, -0.1) is 0 Å². The van der Waals surface area contributed by atoms with Gasteiger partial charge in [0.1, 0.15) is 11.2 Å². The fourth-order valence-electron chi connectivity index (χ4n) is 10.3. The largest absolute Gasteiger partial charge is 0.456 e. The van der Waals surface area contributed by atoms with E-state index in [9.17, 15) is 22.0 Å². The number of hydrogen-bond acceptors (Lipinski definition) is 10. The molecule has 0 aliphatic heterocycles. The minimum Gasteiger partial charge on any atom is -0.456 e. The van der Waals surface area contributed by atoms with Crippen molar-refractivity contribution in [2.75, 3.05) is 0 Å². The van der Waals surface area contributed by atoms with E-state index in [2.05, 4.69) is 70.7 Å². The monoisotopic (exact) mass is 1290 g/mol. The summed E-state index contributed by atoms with van der Waals surface area (Å²) in [6, 6.07) is 63.8. The maximum absolute atomic E-state index is 14.0. The van der Waals surface area contributed by atoms with Gasteiger partial charge in [0.25, 0.3) is 0 Å². The van der Waals surface area contributed by atoms with E-state index in [-0.39, 0.29) is 44.5 Å². The Balaban J connectivity index is 0.000000133. The van der Waals surface area contributed by atoms with Crippen molar-refractivity contribution in [1.82, 2.24) is 44.9 Å². The van der Waals surface area contributed by atoms with Gasteiger partial charge in [-0.05, 0) is 115 Å². The highest BCUT2D eigenvalue weighted by Gasteiger charge is 2.27. The zero-order valence-corrected chi connectivity index (χ0v) is 50.2. The van der Waals surface area contributed by atoms with E-state index < -0.39 is 64.9 Å². The van der Waals surface area contributed by atoms with Crippen LogP contribution in [0.2, 0.25) is 15.9 Å². The second-order valence-corrected chi connectivity index (χ2v) is 21.5. The van der Waals surface area contributed by atoms with E-state index in [1.54, 1.807) is 30.3 Å². The Kier molecular flexibility index (Phi) is 15.7. The smallest absolute Gasteiger partial charge is 0.226 e. The third kappa shape index (κ3) is 12.9. The van der Waals surface area contributed by atoms with Crippen molar-refractivity contribution in [2.24, 2.45) is 0 Å². The first kappa shape index (κ1) is 54.7. The summed E-state index contributed by atoms with van der Waals surface area (Å²) in [5, 5.41) is 3.89. The van der Waals surface area contributed by atoms with Gasteiger partial charge in [-0.2, -0.15) is 29.9 Å². The van der Waals surface area contributed by atoms with Crippen LogP contribution in [0.25, 0.3) is 140 Å². The molecule has 0 aliphatic carbocycles. The van der Waals surface area contributed by atoms with E-state index in [0.29, 0.717) is 34.2 Å².